The molecule has 1 aromatic carbocycles. The zero-order valence-corrected chi connectivity index (χ0v) is 15.4. The summed E-state index contributed by atoms with van der Waals surface area (Å²) in [5.41, 5.74) is 1.81. The first-order valence-corrected chi connectivity index (χ1v) is 9.28. The number of benzene rings is 1. The van der Waals surface area contributed by atoms with Crippen LogP contribution in [0, 0.1) is 5.92 Å². The molecule has 2 aromatic heterocycles. The molecule has 3 aromatic rings. The van der Waals surface area contributed by atoms with E-state index < -0.39 is 0 Å². The molecular weight excluding hydrogens is 354 g/mol. The third kappa shape index (κ3) is 4.11. The van der Waals surface area contributed by atoms with Gasteiger partial charge in [-0.3, -0.25) is 14.6 Å². The predicted molar refractivity (Wildman–Crippen MR) is 104 cm³/mol. The van der Waals surface area contributed by atoms with Crippen LogP contribution in [0.5, 0.6) is 0 Å². The lowest BCUT2D eigenvalue weighted by molar-refractivity contribution is -0.129. The van der Waals surface area contributed by atoms with Gasteiger partial charge in [0.2, 0.25) is 11.8 Å². The minimum atomic E-state index is -0.347. The summed E-state index contributed by atoms with van der Waals surface area (Å²) >= 11 is 0. The normalized spacial score (nSPS) is 16.4. The van der Waals surface area contributed by atoms with E-state index in [0.717, 1.165) is 17.0 Å². The standard InChI is InChI=1S/C22H21N3O3/c26-21-12-17(14-25(21)15-18-8-4-5-11-23-18)22(27)24-13-19-9-10-20(28-19)16-6-2-1-3-7-16/h1-11,17H,12-15H2,(H,24,27). The van der Waals surface area contributed by atoms with E-state index in [-0.39, 0.29) is 24.2 Å². The zero-order valence-electron chi connectivity index (χ0n) is 15.4. The Kier molecular flexibility index (Phi) is 5.19. The van der Waals surface area contributed by atoms with Crippen LogP contribution in [-0.2, 0) is 22.7 Å². The molecule has 2 amide bonds. The fourth-order valence-electron chi connectivity index (χ4n) is 3.34. The van der Waals surface area contributed by atoms with E-state index in [0.29, 0.717) is 25.4 Å². The monoisotopic (exact) mass is 375 g/mol. The van der Waals surface area contributed by atoms with E-state index in [1.807, 2.05) is 60.7 Å². The van der Waals surface area contributed by atoms with Crippen molar-refractivity contribution < 1.29 is 14.0 Å². The number of likely N-dealkylation sites (tertiary alicyclic amines) is 1. The van der Waals surface area contributed by atoms with Crippen LogP contribution in [0.15, 0.2) is 71.3 Å². The second-order valence-corrected chi connectivity index (χ2v) is 6.85. The number of nitrogens with one attached hydrogen (secondary N) is 1. The number of nitrogens with zero attached hydrogens (tertiary/aromatic N) is 2. The Morgan fingerprint density at radius 3 is 2.71 bits per heavy atom. The Balaban J connectivity index is 1.31. The molecule has 0 bridgehead atoms. The van der Waals surface area contributed by atoms with Crippen molar-refractivity contribution in [1.82, 2.24) is 15.2 Å². The Bertz CT molecular complexity index is 953. The molecule has 1 unspecified atom stereocenters. The minimum absolute atomic E-state index is 0.0184. The molecular formula is C22H21N3O3. The number of furan rings is 1. The van der Waals surface area contributed by atoms with E-state index >= 15 is 0 Å². The van der Waals surface area contributed by atoms with Gasteiger partial charge in [-0.2, -0.15) is 0 Å². The Hall–Kier alpha value is -3.41. The number of hydrogen-bond acceptors (Lipinski definition) is 4. The Morgan fingerprint density at radius 2 is 1.93 bits per heavy atom. The van der Waals surface area contributed by atoms with Crippen molar-refractivity contribution in [3.05, 3.63) is 78.3 Å². The molecule has 0 spiro atoms. The number of rotatable bonds is 6. The van der Waals surface area contributed by atoms with Crippen LogP contribution in [0.2, 0.25) is 0 Å². The van der Waals surface area contributed by atoms with Crippen LogP contribution in [-0.4, -0.2) is 28.2 Å². The summed E-state index contributed by atoms with van der Waals surface area (Å²) in [6.45, 7) is 1.15. The molecule has 1 aliphatic rings. The molecule has 28 heavy (non-hydrogen) atoms. The number of hydrogen-bond donors (Lipinski definition) is 1. The molecule has 0 aliphatic carbocycles. The fraction of sp³-hybridized carbons (Fsp3) is 0.227. The highest BCUT2D eigenvalue weighted by Gasteiger charge is 2.34. The first kappa shape index (κ1) is 18.0. The lowest BCUT2D eigenvalue weighted by atomic mass is 10.1. The summed E-state index contributed by atoms with van der Waals surface area (Å²) in [6, 6.07) is 19.2. The molecule has 142 valence electrons. The molecule has 6 heteroatoms. The highest BCUT2D eigenvalue weighted by molar-refractivity contribution is 5.89. The van der Waals surface area contributed by atoms with Crippen molar-refractivity contribution in [2.45, 2.75) is 19.5 Å². The van der Waals surface area contributed by atoms with Gasteiger partial charge in [-0.25, -0.2) is 0 Å². The van der Waals surface area contributed by atoms with Gasteiger partial charge in [-0.1, -0.05) is 36.4 Å². The number of pyridine rings is 1. The number of amides is 2. The summed E-state index contributed by atoms with van der Waals surface area (Å²) in [7, 11) is 0. The molecule has 3 heterocycles. The topological polar surface area (TPSA) is 75.4 Å². The van der Waals surface area contributed by atoms with Crippen LogP contribution in [0.25, 0.3) is 11.3 Å². The van der Waals surface area contributed by atoms with Gasteiger partial charge < -0.3 is 14.6 Å². The Labute approximate surface area is 163 Å². The van der Waals surface area contributed by atoms with Gasteiger partial charge in [-0.05, 0) is 24.3 Å². The lowest BCUT2D eigenvalue weighted by Gasteiger charge is -2.15. The summed E-state index contributed by atoms with van der Waals surface area (Å²) in [6.07, 6.45) is 1.93. The van der Waals surface area contributed by atoms with Crippen LogP contribution >= 0.6 is 0 Å². The summed E-state index contributed by atoms with van der Waals surface area (Å²) in [5, 5.41) is 2.88. The molecule has 1 atom stereocenters. The van der Waals surface area contributed by atoms with Crippen LogP contribution < -0.4 is 5.32 Å². The molecule has 1 saturated heterocycles. The van der Waals surface area contributed by atoms with Crippen molar-refractivity contribution in [2.75, 3.05) is 6.54 Å². The average molecular weight is 375 g/mol. The van der Waals surface area contributed by atoms with Crippen molar-refractivity contribution in [3.63, 3.8) is 0 Å². The van der Waals surface area contributed by atoms with Crippen molar-refractivity contribution in [3.8, 4) is 11.3 Å². The third-order valence-corrected chi connectivity index (χ3v) is 4.82. The first-order valence-electron chi connectivity index (χ1n) is 9.28. The largest absolute Gasteiger partial charge is 0.459 e. The minimum Gasteiger partial charge on any atom is -0.459 e. The maximum atomic E-state index is 12.5. The van der Waals surface area contributed by atoms with Crippen molar-refractivity contribution >= 4 is 11.8 Å². The number of carbonyl (C=O) groups is 2. The summed E-state index contributed by atoms with van der Waals surface area (Å²) < 4.78 is 5.80. The maximum absolute atomic E-state index is 12.5. The molecule has 6 nitrogen and oxygen atoms in total. The van der Waals surface area contributed by atoms with E-state index in [9.17, 15) is 9.59 Å². The molecule has 0 radical (unpaired) electrons. The highest BCUT2D eigenvalue weighted by Crippen LogP contribution is 2.23. The van der Waals surface area contributed by atoms with Gasteiger partial charge in [0.25, 0.3) is 0 Å². The maximum Gasteiger partial charge on any atom is 0.225 e. The van der Waals surface area contributed by atoms with Crippen molar-refractivity contribution in [1.29, 1.82) is 0 Å². The average Bonchev–Trinajstić information content (AvgIpc) is 3.35. The van der Waals surface area contributed by atoms with Crippen LogP contribution in [0.4, 0.5) is 0 Å². The van der Waals surface area contributed by atoms with E-state index in [4.69, 9.17) is 4.42 Å². The predicted octanol–water partition coefficient (Wildman–Crippen LogP) is 3.01. The number of carbonyl (C=O) groups excluding carboxylic acids is 2. The second-order valence-electron chi connectivity index (χ2n) is 6.85. The van der Waals surface area contributed by atoms with Gasteiger partial charge in [0.05, 0.1) is 24.7 Å². The zero-order chi connectivity index (χ0) is 19.3. The second kappa shape index (κ2) is 8.08. The molecule has 0 saturated carbocycles. The third-order valence-electron chi connectivity index (χ3n) is 4.82. The first-order chi connectivity index (χ1) is 13.7. The molecule has 1 aliphatic heterocycles. The summed E-state index contributed by atoms with van der Waals surface area (Å²) in [4.78, 5) is 30.6. The van der Waals surface area contributed by atoms with Gasteiger partial charge in [0.1, 0.15) is 11.5 Å². The molecule has 1 fully saturated rings. The highest BCUT2D eigenvalue weighted by atomic mass is 16.3. The molecule has 4 rings (SSSR count). The van der Waals surface area contributed by atoms with Gasteiger partial charge >= 0.3 is 0 Å². The fourth-order valence-corrected chi connectivity index (χ4v) is 3.34. The van der Waals surface area contributed by atoms with Gasteiger partial charge in [0, 0.05) is 24.7 Å². The van der Waals surface area contributed by atoms with E-state index in [2.05, 4.69) is 10.3 Å². The summed E-state index contributed by atoms with van der Waals surface area (Å²) in [5.74, 6) is 0.953. The van der Waals surface area contributed by atoms with E-state index in [1.165, 1.54) is 0 Å². The van der Waals surface area contributed by atoms with E-state index in [1.54, 1.807) is 11.1 Å². The van der Waals surface area contributed by atoms with Gasteiger partial charge in [0.15, 0.2) is 0 Å². The SMILES string of the molecule is O=C(NCc1ccc(-c2ccccc2)o1)C1CC(=O)N(Cc2ccccn2)C1. The van der Waals surface area contributed by atoms with Crippen LogP contribution in [0.1, 0.15) is 17.9 Å². The number of aromatic nitrogens is 1. The van der Waals surface area contributed by atoms with Crippen LogP contribution in [0.3, 0.4) is 0 Å². The van der Waals surface area contributed by atoms with Gasteiger partial charge in [-0.15, -0.1) is 0 Å². The molecule has 1 N–H and O–H groups in total. The van der Waals surface area contributed by atoms with Crippen molar-refractivity contribution in [2.24, 2.45) is 5.92 Å². The smallest absolute Gasteiger partial charge is 0.225 e. The lowest BCUT2D eigenvalue weighted by Crippen LogP contribution is -2.32. The Morgan fingerprint density at radius 1 is 1.11 bits per heavy atom. The quantitative estimate of drug-likeness (QED) is 0.719.